The van der Waals surface area contributed by atoms with Crippen LogP contribution in [0.25, 0.3) is 6.08 Å². The second-order valence-electron chi connectivity index (χ2n) is 5.91. The molecule has 1 saturated heterocycles. The van der Waals surface area contributed by atoms with Crippen molar-refractivity contribution in [3.8, 4) is 0 Å². The van der Waals surface area contributed by atoms with Gasteiger partial charge in [0, 0.05) is 18.7 Å². The number of benzene rings is 2. The molecule has 0 unspecified atom stereocenters. The molecule has 0 spiro atoms. The SMILES string of the molecule is Cc1cccc(NC(=O)CCN2C(=O)/C(=C/c3ccccc3)SC2=S)c1. The minimum absolute atomic E-state index is 0.142. The third-order valence-corrected chi connectivity index (χ3v) is 5.21. The van der Waals surface area contributed by atoms with E-state index in [9.17, 15) is 9.59 Å². The number of carbonyl (C=O) groups excluding carboxylic acids is 2. The second-order valence-corrected chi connectivity index (χ2v) is 7.59. The average Bonchev–Trinajstić information content (AvgIpc) is 2.87. The summed E-state index contributed by atoms with van der Waals surface area (Å²) in [6, 6.07) is 17.2. The molecule has 1 aliphatic heterocycles. The first-order valence-corrected chi connectivity index (χ1v) is 9.42. The van der Waals surface area contributed by atoms with Crippen molar-refractivity contribution >= 4 is 51.9 Å². The third kappa shape index (κ3) is 4.59. The fourth-order valence-corrected chi connectivity index (χ4v) is 3.86. The number of amides is 2. The van der Waals surface area contributed by atoms with Crippen molar-refractivity contribution in [3.05, 3.63) is 70.6 Å². The molecule has 26 heavy (non-hydrogen) atoms. The summed E-state index contributed by atoms with van der Waals surface area (Å²) in [5, 5.41) is 2.85. The lowest BCUT2D eigenvalue weighted by atomic mass is 10.2. The normalized spacial score (nSPS) is 15.6. The predicted octanol–water partition coefficient (Wildman–Crippen LogP) is 4.23. The van der Waals surface area contributed by atoms with Crippen LogP contribution in [0.5, 0.6) is 0 Å². The zero-order chi connectivity index (χ0) is 18.5. The summed E-state index contributed by atoms with van der Waals surface area (Å²) in [6.07, 6.45) is 2.02. The van der Waals surface area contributed by atoms with Crippen molar-refractivity contribution in [1.82, 2.24) is 4.90 Å². The Balaban J connectivity index is 1.59. The maximum atomic E-state index is 12.6. The van der Waals surface area contributed by atoms with Gasteiger partial charge in [-0.05, 0) is 36.3 Å². The lowest BCUT2D eigenvalue weighted by Gasteiger charge is -2.14. The van der Waals surface area contributed by atoms with E-state index in [2.05, 4.69) is 5.32 Å². The summed E-state index contributed by atoms with van der Waals surface area (Å²) in [5.41, 5.74) is 2.78. The summed E-state index contributed by atoms with van der Waals surface area (Å²) in [6.45, 7) is 2.24. The van der Waals surface area contributed by atoms with Gasteiger partial charge in [-0.1, -0.05) is 66.4 Å². The number of anilines is 1. The van der Waals surface area contributed by atoms with E-state index < -0.39 is 0 Å². The number of nitrogens with zero attached hydrogens (tertiary/aromatic N) is 1. The molecule has 2 aromatic carbocycles. The van der Waals surface area contributed by atoms with Gasteiger partial charge >= 0.3 is 0 Å². The third-order valence-electron chi connectivity index (χ3n) is 3.84. The van der Waals surface area contributed by atoms with Crippen molar-refractivity contribution < 1.29 is 9.59 Å². The monoisotopic (exact) mass is 382 g/mol. The molecule has 6 heteroatoms. The minimum atomic E-state index is -0.146. The minimum Gasteiger partial charge on any atom is -0.326 e. The van der Waals surface area contributed by atoms with Crippen LogP contribution < -0.4 is 5.32 Å². The van der Waals surface area contributed by atoms with Gasteiger partial charge in [0.25, 0.3) is 5.91 Å². The van der Waals surface area contributed by atoms with E-state index in [1.165, 1.54) is 16.7 Å². The molecule has 1 N–H and O–H groups in total. The van der Waals surface area contributed by atoms with Gasteiger partial charge in [0.1, 0.15) is 4.32 Å². The van der Waals surface area contributed by atoms with Crippen molar-refractivity contribution in [2.24, 2.45) is 0 Å². The quantitative estimate of drug-likeness (QED) is 0.621. The van der Waals surface area contributed by atoms with E-state index in [4.69, 9.17) is 12.2 Å². The number of hydrogen-bond acceptors (Lipinski definition) is 4. The first-order chi connectivity index (χ1) is 12.5. The molecular formula is C20H18N2O2S2. The van der Waals surface area contributed by atoms with Gasteiger partial charge in [-0.3, -0.25) is 14.5 Å². The van der Waals surface area contributed by atoms with Crippen molar-refractivity contribution in [3.63, 3.8) is 0 Å². The highest BCUT2D eigenvalue weighted by Crippen LogP contribution is 2.32. The zero-order valence-electron chi connectivity index (χ0n) is 14.3. The number of aryl methyl sites for hydroxylation is 1. The molecule has 0 aliphatic carbocycles. The molecule has 0 atom stereocenters. The van der Waals surface area contributed by atoms with E-state index in [0.29, 0.717) is 9.23 Å². The van der Waals surface area contributed by atoms with E-state index >= 15 is 0 Å². The highest BCUT2D eigenvalue weighted by atomic mass is 32.2. The number of carbonyl (C=O) groups is 2. The highest BCUT2D eigenvalue weighted by Gasteiger charge is 2.32. The largest absolute Gasteiger partial charge is 0.326 e. The Morgan fingerprint density at radius 2 is 1.96 bits per heavy atom. The fraction of sp³-hybridized carbons (Fsp3) is 0.150. The molecule has 1 heterocycles. The summed E-state index contributed by atoms with van der Waals surface area (Å²) in [4.78, 5) is 26.8. The van der Waals surface area contributed by atoms with Gasteiger partial charge in [-0.2, -0.15) is 0 Å². The maximum Gasteiger partial charge on any atom is 0.266 e. The highest BCUT2D eigenvalue weighted by molar-refractivity contribution is 8.26. The van der Waals surface area contributed by atoms with Crippen molar-refractivity contribution in [2.45, 2.75) is 13.3 Å². The van der Waals surface area contributed by atoms with Crippen LogP contribution >= 0.6 is 24.0 Å². The number of rotatable bonds is 5. The lowest BCUT2D eigenvalue weighted by Crippen LogP contribution is -2.31. The Kier molecular flexibility index (Phi) is 5.85. The van der Waals surface area contributed by atoms with Crippen LogP contribution in [0.2, 0.25) is 0 Å². The van der Waals surface area contributed by atoms with Crippen LogP contribution in [-0.4, -0.2) is 27.6 Å². The Hall–Kier alpha value is -2.44. The molecule has 0 saturated carbocycles. The Labute approximate surface area is 162 Å². The number of thioether (sulfide) groups is 1. The molecule has 1 aliphatic rings. The summed E-state index contributed by atoms with van der Waals surface area (Å²) in [5.74, 6) is -0.288. The van der Waals surface area contributed by atoms with Crippen molar-refractivity contribution in [1.29, 1.82) is 0 Å². The number of nitrogens with one attached hydrogen (secondary N) is 1. The Morgan fingerprint density at radius 1 is 1.19 bits per heavy atom. The van der Waals surface area contributed by atoms with Gasteiger partial charge in [-0.25, -0.2) is 0 Å². The van der Waals surface area contributed by atoms with Gasteiger partial charge in [0.15, 0.2) is 0 Å². The molecule has 2 amide bonds. The molecule has 0 bridgehead atoms. The van der Waals surface area contributed by atoms with Crippen LogP contribution in [0.4, 0.5) is 5.69 Å². The average molecular weight is 383 g/mol. The molecule has 1 fully saturated rings. The molecule has 0 radical (unpaired) electrons. The zero-order valence-corrected chi connectivity index (χ0v) is 15.9. The summed E-state index contributed by atoms with van der Waals surface area (Å²) in [7, 11) is 0. The van der Waals surface area contributed by atoms with E-state index in [-0.39, 0.29) is 24.8 Å². The van der Waals surface area contributed by atoms with E-state index in [1.54, 1.807) is 0 Å². The first kappa shape index (κ1) is 18.4. The van der Waals surface area contributed by atoms with Gasteiger partial charge in [0.2, 0.25) is 5.91 Å². The molecule has 0 aromatic heterocycles. The van der Waals surface area contributed by atoms with E-state index in [0.717, 1.165) is 16.8 Å². The fourth-order valence-electron chi connectivity index (χ4n) is 2.55. The topological polar surface area (TPSA) is 49.4 Å². The molecule has 3 rings (SSSR count). The predicted molar refractivity (Wildman–Crippen MR) is 111 cm³/mol. The van der Waals surface area contributed by atoms with Crippen molar-refractivity contribution in [2.75, 3.05) is 11.9 Å². The van der Waals surface area contributed by atoms with Crippen LogP contribution in [0.15, 0.2) is 59.5 Å². The Morgan fingerprint density at radius 3 is 2.69 bits per heavy atom. The van der Waals surface area contributed by atoms with E-state index in [1.807, 2.05) is 67.6 Å². The van der Waals surface area contributed by atoms with Gasteiger partial charge in [0.05, 0.1) is 4.91 Å². The number of hydrogen-bond donors (Lipinski definition) is 1. The smallest absolute Gasteiger partial charge is 0.266 e. The summed E-state index contributed by atoms with van der Waals surface area (Å²) < 4.78 is 0.487. The van der Waals surface area contributed by atoms with Gasteiger partial charge in [-0.15, -0.1) is 0 Å². The maximum absolute atomic E-state index is 12.6. The molecule has 4 nitrogen and oxygen atoms in total. The summed E-state index contributed by atoms with van der Waals surface area (Å²) >= 11 is 6.58. The molecule has 132 valence electrons. The van der Waals surface area contributed by atoms with Crippen LogP contribution in [0.1, 0.15) is 17.5 Å². The van der Waals surface area contributed by atoms with Crippen LogP contribution in [0.3, 0.4) is 0 Å². The molecule has 2 aromatic rings. The lowest BCUT2D eigenvalue weighted by molar-refractivity contribution is -0.122. The Bertz CT molecular complexity index is 878. The first-order valence-electron chi connectivity index (χ1n) is 8.20. The van der Waals surface area contributed by atoms with Crippen LogP contribution in [-0.2, 0) is 9.59 Å². The second kappa shape index (κ2) is 8.29. The van der Waals surface area contributed by atoms with Gasteiger partial charge < -0.3 is 5.32 Å². The number of thiocarbonyl (C=S) groups is 1. The standard InChI is InChI=1S/C20H18N2O2S2/c1-14-6-5-9-16(12-14)21-18(23)10-11-22-19(24)17(26-20(22)25)13-15-7-3-2-4-8-15/h2-9,12-13H,10-11H2,1H3,(H,21,23)/b17-13-. The van der Waals surface area contributed by atoms with Crippen LogP contribution in [0, 0.1) is 6.92 Å². The molecular weight excluding hydrogens is 364 g/mol.